The molecule has 4 aromatic carbocycles. The van der Waals surface area contributed by atoms with Gasteiger partial charge >= 0.3 is 6.09 Å². The first-order chi connectivity index (χ1) is 27.9. The number of hydrogen-bond acceptors (Lipinski definition) is 9. The number of phenolic OH excluding ortho intramolecular Hbond substituents is 1. The van der Waals surface area contributed by atoms with E-state index in [-0.39, 0.29) is 54.0 Å². The Morgan fingerprint density at radius 2 is 1.72 bits per heavy atom. The number of aryl methyl sites for hydroxylation is 1. The van der Waals surface area contributed by atoms with Crippen LogP contribution in [0.1, 0.15) is 42.1 Å². The minimum absolute atomic E-state index is 0.0847. The van der Waals surface area contributed by atoms with Crippen LogP contribution in [0.2, 0.25) is 5.02 Å². The van der Waals surface area contributed by atoms with Crippen molar-refractivity contribution >= 4 is 45.9 Å². The molecule has 3 saturated heterocycles. The van der Waals surface area contributed by atoms with Gasteiger partial charge in [-0.2, -0.15) is 0 Å². The first-order valence-electron chi connectivity index (χ1n) is 19.4. The van der Waals surface area contributed by atoms with E-state index >= 15 is 0 Å². The molecule has 4 heterocycles. The highest BCUT2D eigenvalue weighted by Gasteiger charge is 2.70. The molecule has 2 amide bonds. The molecule has 6 atom stereocenters. The van der Waals surface area contributed by atoms with Gasteiger partial charge in [0.05, 0.1) is 49.2 Å². The van der Waals surface area contributed by atoms with Gasteiger partial charge in [0.25, 0.3) is 0 Å². The third-order valence-electron chi connectivity index (χ3n) is 11.9. The van der Waals surface area contributed by atoms with E-state index in [2.05, 4.69) is 35.0 Å². The Kier molecular flexibility index (Phi) is 10.9. The predicted octanol–water partition coefficient (Wildman–Crippen LogP) is 6.26. The molecule has 13 nitrogen and oxygen atoms in total. The molecule has 302 valence electrons. The molecule has 3 aliphatic heterocycles. The number of quaternary nitrogens is 1. The molecule has 8 rings (SSSR count). The number of fused-ring (bicyclic) bond motifs is 6. The maximum Gasteiger partial charge on any atom is 0.411 e. The van der Waals surface area contributed by atoms with Crippen molar-refractivity contribution in [1.82, 2.24) is 10.3 Å². The minimum atomic E-state index is -0.950. The lowest BCUT2D eigenvalue weighted by Crippen LogP contribution is -2.60. The molecular weight excluding hydrogens is 762 g/mol. The van der Waals surface area contributed by atoms with Gasteiger partial charge in [-0.1, -0.05) is 60.1 Å². The van der Waals surface area contributed by atoms with Crippen LogP contribution in [0.15, 0.2) is 89.7 Å². The number of pyridine rings is 1. The quantitative estimate of drug-likeness (QED) is 0.0593. The summed E-state index contributed by atoms with van der Waals surface area (Å²) in [5, 5.41) is 31.1. The molecule has 0 saturated carbocycles. The van der Waals surface area contributed by atoms with Crippen LogP contribution in [-0.2, 0) is 27.2 Å². The van der Waals surface area contributed by atoms with Crippen molar-refractivity contribution in [3.05, 3.63) is 117 Å². The van der Waals surface area contributed by atoms with Crippen LogP contribution in [0.25, 0.3) is 22.0 Å². The Hall–Kier alpha value is -5.44. The monoisotopic (exact) mass is 808 g/mol. The third kappa shape index (κ3) is 8.00. The summed E-state index contributed by atoms with van der Waals surface area (Å²) in [5.74, 6) is 0.150. The van der Waals surface area contributed by atoms with Gasteiger partial charge in [0.2, 0.25) is 11.5 Å². The molecule has 0 unspecified atom stereocenters. The number of carbonyl (C=O) groups is 2. The predicted molar refractivity (Wildman–Crippen MR) is 221 cm³/mol. The Morgan fingerprint density at radius 1 is 0.966 bits per heavy atom. The number of halogens is 1. The average molecular weight is 809 g/mol. The normalized spacial score (nSPS) is 21.8. The number of hydrogen-bond donors (Lipinski definition) is 6. The molecule has 2 bridgehead atoms. The van der Waals surface area contributed by atoms with E-state index in [1.165, 1.54) is 19.2 Å². The number of piperidine rings is 1. The number of anilines is 2. The maximum atomic E-state index is 13.4. The topological polar surface area (TPSA) is 175 Å². The van der Waals surface area contributed by atoms with Crippen molar-refractivity contribution in [2.75, 3.05) is 38.4 Å². The number of benzene rings is 4. The number of aromatic nitrogens is 1. The van der Waals surface area contributed by atoms with E-state index in [4.69, 9.17) is 25.8 Å². The average Bonchev–Trinajstić information content (AvgIpc) is 3.98. The zero-order chi connectivity index (χ0) is 40.7. The molecule has 0 radical (unpaired) electrons. The summed E-state index contributed by atoms with van der Waals surface area (Å²) in [7, 11) is 6.00. The van der Waals surface area contributed by atoms with Crippen LogP contribution in [0.3, 0.4) is 0 Å². The molecule has 3 fully saturated rings. The van der Waals surface area contributed by atoms with Crippen LogP contribution in [0.5, 0.6) is 11.5 Å². The van der Waals surface area contributed by atoms with E-state index < -0.39 is 12.2 Å². The number of methoxy groups -OCH3 is 1. The first kappa shape index (κ1) is 39.4. The highest BCUT2D eigenvalue weighted by atomic mass is 35.5. The van der Waals surface area contributed by atoms with Crippen molar-refractivity contribution in [3.63, 3.8) is 0 Å². The number of nitrogens with one attached hydrogen (secondary N) is 4. The fraction of sp³-hybridized carbons (Fsp3) is 0.341. The van der Waals surface area contributed by atoms with Crippen LogP contribution >= 0.6 is 11.6 Å². The van der Waals surface area contributed by atoms with Gasteiger partial charge in [-0.3, -0.25) is 14.9 Å². The number of ether oxygens (including phenoxy) is 3. The number of rotatable bonds is 13. The lowest BCUT2D eigenvalue weighted by Gasteiger charge is -2.45. The summed E-state index contributed by atoms with van der Waals surface area (Å²) in [6, 6.07) is 25.6. The van der Waals surface area contributed by atoms with Gasteiger partial charge < -0.3 is 44.5 Å². The summed E-state index contributed by atoms with van der Waals surface area (Å²) in [5.41, 5.74) is 4.79. The molecule has 6 N–H and O–H groups in total. The maximum absolute atomic E-state index is 13.4. The summed E-state index contributed by atoms with van der Waals surface area (Å²) in [6.07, 6.45) is 0.983. The molecule has 0 aliphatic carbocycles. The second-order valence-corrected chi connectivity index (χ2v) is 16.2. The van der Waals surface area contributed by atoms with Gasteiger partial charge in [-0.25, -0.2) is 4.79 Å². The SMILES string of the molecule is COc1cc(NC(=O)CCc2ccc(-c3ccccc3)c(NC(=O)O[C@@H]3C[C@@H]4[C@H]5O[C@H]5[C@H](C3)[N+]4(C)C)c2)c(Cl)cc1CNC[C@H](O)c1ccc(O)c2[nH]c(=O)ccc12. The number of morpholine rings is 1. The molecule has 3 aliphatic rings. The van der Waals surface area contributed by atoms with E-state index in [0.717, 1.165) is 34.0 Å². The summed E-state index contributed by atoms with van der Waals surface area (Å²) < 4.78 is 18.4. The molecule has 58 heavy (non-hydrogen) atoms. The lowest BCUT2D eigenvalue weighted by molar-refractivity contribution is -0.938. The molecule has 5 aromatic rings. The smallest absolute Gasteiger partial charge is 0.411 e. The molecule has 14 heteroatoms. The Labute approximate surface area is 340 Å². The second-order valence-electron chi connectivity index (χ2n) is 15.8. The number of nitrogens with zero attached hydrogens (tertiary/aromatic N) is 1. The largest absolute Gasteiger partial charge is 0.506 e. The number of epoxide rings is 1. The second kappa shape index (κ2) is 16.1. The van der Waals surface area contributed by atoms with Crippen molar-refractivity contribution in [3.8, 4) is 22.6 Å². The van der Waals surface area contributed by atoms with Crippen molar-refractivity contribution in [2.45, 2.75) is 68.7 Å². The lowest BCUT2D eigenvalue weighted by atomic mass is 9.96. The number of likely N-dealkylation sites (N-methyl/N-ethyl adjacent to an activating group) is 1. The van der Waals surface area contributed by atoms with Crippen LogP contribution in [-0.4, -0.2) is 89.8 Å². The standard InChI is InChI=1S/C44H46ClN5O8/c1-50(2)34-19-27(20-35(50)43-42(34)58-43)57-44(55)48-32-17-24(9-11-28(32)25-7-5-4-6-8-25)10-15-39(53)47-33-21-38(56-3)26(18-31(33)45)22-46-23-37(52)29-12-14-36(51)41-30(29)13-16-40(54)49-41/h4-9,11-14,16-18,21,27,34-35,37,42-43,46,52H,10,15,19-20,22-23H2,1-3H3,(H3-,47,48,49,51,53,54,55)/p+1/t27-,34-,35+,37-,42-,43+/m0/s1. The van der Waals surface area contributed by atoms with E-state index in [1.807, 2.05) is 48.5 Å². The Morgan fingerprint density at radius 3 is 2.47 bits per heavy atom. The molecule has 0 spiro atoms. The van der Waals surface area contributed by atoms with Crippen molar-refractivity contribution in [2.24, 2.45) is 0 Å². The number of carbonyl (C=O) groups excluding carboxylic acids is 2. The summed E-state index contributed by atoms with van der Waals surface area (Å²) in [6.45, 7) is 0.442. The number of phenols is 1. The number of aliphatic hydroxyl groups is 1. The van der Waals surface area contributed by atoms with Gasteiger partial charge in [0, 0.05) is 61.0 Å². The van der Waals surface area contributed by atoms with Gasteiger partial charge in [0.1, 0.15) is 41.9 Å². The van der Waals surface area contributed by atoms with Gasteiger partial charge in [0.15, 0.2) is 0 Å². The zero-order valence-electron chi connectivity index (χ0n) is 32.5. The fourth-order valence-electron chi connectivity index (χ4n) is 8.80. The van der Waals surface area contributed by atoms with E-state index in [1.54, 1.807) is 24.3 Å². The molecule has 1 aromatic heterocycles. The first-order valence-corrected chi connectivity index (χ1v) is 19.8. The van der Waals surface area contributed by atoms with Crippen molar-refractivity contribution in [1.29, 1.82) is 0 Å². The number of aliphatic hydroxyl groups excluding tert-OH is 1. The van der Waals surface area contributed by atoms with Crippen LogP contribution in [0, 0.1) is 0 Å². The Bertz CT molecular complexity index is 2400. The van der Waals surface area contributed by atoms with Gasteiger partial charge in [-0.05, 0) is 47.4 Å². The summed E-state index contributed by atoms with van der Waals surface area (Å²) in [4.78, 5) is 41.0. The number of amides is 2. The fourth-order valence-corrected chi connectivity index (χ4v) is 9.04. The molecular formula is C44H47ClN5O8+. The summed E-state index contributed by atoms with van der Waals surface area (Å²) >= 11 is 6.65. The van der Waals surface area contributed by atoms with Crippen molar-refractivity contribution < 1.29 is 38.5 Å². The third-order valence-corrected chi connectivity index (χ3v) is 12.2. The minimum Gasteiger partial charge on any atom is -0.506 e. The van der Waals surface area contributed by atoms with Gasteiger partial charge in [-0.15, -0.1) is 0 Å². The van der Waals surface area contributed by atoms with E-state index in [9.17, 15) is 24.6 Å². The highest BCUT2D eigenvalue weighted by molar-refractivity contribution is 6.33. The van der Waals surface area contributed by atoms with Crippen LogP contribution in [0.4, 0.5) is 16.2 Å². The highest BCUT2D eigenvalue weighted by Crippen LogP contribution is 2.51. The number of aromatic hydroxyl groups is 1. The number of aromatic amines is 1. The number of H-pyrrole nitrogens is 1. The van der Waals surface area contributed by atoms with Crippen LogP contribution < -0.4 is 26.2 Å². The van der Waals surface area contributed by atoms with E-state index in [0.29, 0.717) is 63.7 Å². The Balaban J connectivity index is 0.884. The zero-order valence-corrected chi connectivity index (χ0v) is 33.2.